The van der Waals surface area contributed by atoms with Crippen molar-refractivity contribution in [2.24, 2.45) is 5.92 Å². The Hall–Kier alpha value is -2.16. The molecule has 0 radical (unpaired) electrons. The predicted octanol–water partition coefficient (Wildman–Crippen LogP) is 2.58. The quantitative estimate of drug-likeness (QED) is 0.351. The zero-order valence-electron chi connectivity index (χ0n) is 9.42. The number of aldehydes is 1. The summed E-state index contributed by atoms with van der Waals surface area (Å²) < 4.78 is 5.21. The molecular formula is C14H12O3. The summed E-state index contributed by atoms with van der Waals surface area (Å²) in [6, 6.07) is 13.1. The van der Waals surface area contributed by atoms with Crippen LogP contribution in [0.1, 0.15) is 6.92 Å². The van der Waals surface area contributed by atoms with E-state index in [4.69, 9.17) is 4.74 Å². The van der Waals surface area contributed by atoms with Gasteiger partial charge in [-0.1, -0.05) is 36.4 Å². The van der Waals surface area contributed by atoms with Crippen molar-refractivity contribution in [3.63, 3.8) is 0 Å². The molecule has 0 aromatic heterocycles. The van der Waals surface area contributed by atoms with Crippen molar-refractivity contribution < 1.29 is 14.3 Å². The lowest BCUT2D eigenvalue weighted by Crippen LogP contribution is -2.18. The fourth-order valence-electron chi connectivity index (χ4n) is 1.54. The smallest absolute Gasteiger partial charge is 0.321 e. The Labute approximate surface area is 99.0 Å². The number of rotatable bonds is 3. The summed E-state index contributed by atoms with van der Waals surface area (Å²) in [5, 5.41) is 1.86. The van der Waals surface area contributed by atoms with Crippen LogP contribution < -0.4 is 4.74 Å². The number of carbonyl (C=O) groups excluding carboxylic acids is 2. The normalized spacial score (nSPS) is 12.1. The van der Waals surface area contributed by atoms with E-state index in [1.165, 1.54) is 6.92 Å². The lowest BCUT2D eigenvalue weighted by molar-refractivity contribution is -0.140. The topological polar surface area (TPSA) is 43.4 Å². The van der Waals surface area contributed by atoms with Gasteiger partial charge in [-0.3, -0.25) is 4.79 Å². The zero-order chi connectivity index (χ0) is 12.3. The number of benzene rings is 2. The second-order valence-corrected chi connectivity index (χ2v) is 3.82. The summed E-state index contributed by atoms with van der Waals surface area (Å²) in [6.45, 7) is 1.51. The van der Waals surface area contributed by atoms with E-state index in [1.807, 2.05) is 36.4 Å². The molecule has 0 aliphatic rings. The molecule has 1 atom stereocenters. The summed E-state index contributed by atoms with van der Waals surface area (Å²) >= 11 is 0. The van der Waals surface area contributed by atoms with Crippen LogP contribution in [-0.2, 0) is 9.59 Å². The molecule has 3 heteroatoms. The maximum absolute atomic E-state index is 11.5. The zero-order valence-corrected chi connectivity index (χ0v) is 9.42. The van der Waals surface area contributed by atoms with Crippen molar-refractivity contribution in [1.82, 2.24) is 0 Å². The van der Waals surface area contributed by atoms with Gasteiger partial charge in [0.1, 0.15) is 18.0 Å². The molecule has 0 fully saturated rings. The Kier molecular flexibility index (Phi) is 3.19. The summed E-state index contributed by atoms with van der Waals surface area (Å²) in [4.78, 5) is 22.0. The van der Waals surface area contributed by atoms with Gasteiger partial charge >= 0.3 is 5.97 Å². The molecule has 0 spiro atoms. The van der Waals surface area contributed by atoms with Gasteiger partial charge in [-0.2, -0.15) is 0 Å². The highest BCUT2D eigenvalue weighted by molar-refractivity contribution is 5.93. The number of fused-ring (bicyclic) bond motifs is 1. The first-order valence-electron chi connectivity index (χ1n) is 5.37. The van der Waals surface area contributed by atoms with Crippen molar-refractivity contribution in [2.75, 3.05) is 0 Å². The van der Waals surface area contributed by atoms with E-state index < -0.39 is 11.9 Å². The largest absolute Gasteiger partial charge is 0.425 e. The highest BCUT2D eigenvalue weighted by atomic mass is 16.5. The molecule has 2 aromatic carbocycles. The maximum Gasteiger partial charge on any atom is 0.321 e. The van der Waals surface area contributed by atoms with Gasteiger partial charge in [-0.15, -0.1) is 0 Å². The van der Waals surface area contributed by atoms with E-state index >= 15 is 0 Å². The molecule has 0 bridgehead atoms. The van der Waals surface area contributed by atoms with Crippen LogP contribution in [0, 0.1) is 5.92 Å². The van der Waals surface area contributed by atoms with Crippen molar-refractivity contribution in [1.29, 1.82) is 0 Å². The molecule has 2 aromatic rings. The van der Waals surface area contributed by atoms with Gasteiger partial charge in [0.05, 0.1) is 0 Å². The third kappa shape index (κ3) is 2.33. The first-order chi connectivity index (χ1) is 8.22. The highest BCUT2D eigenvalue weighted by Crippen LogP contribution is 2.25. The van der Waals surface area contributed by atoms with Crippen LogP contribution in [0.25, 0.3) is 10.8 Å². The number of esters is 1. The van der Waals surface area contributed by atoms with Gasteiger partial charge in [0.2, 0.25) is 0 Å². The van der Waals surface area contributed by atoms with E-state index in [0.717, 1.165) is 10.8 Å². The van der Waals surface area contributed by atoms with E-state index in [0.29, 0.717) is 12.0 Å². The van der Waals surface area contributed by atoms with Crippen LogP contribution in [0.4, 0.5) is 0 Å². The Morgan fingerprint density at radius 2 is 1.88 bits per heavy atom. The summed E-state index contributed by atoms with van der Waals surface area (Å²) in [6.07, 6.45) is 0.577. The predicted molar refractivity (Wildman–Crippen MR) is 64.8 cm³/mol. The fraction of sp³-hybridized carbons (Fsp3) is 0.143. The molecule has 0 aliphatic carbocycles. The Bertz CT molecular complexity index is 555. The SMILES string of the molecule is CC(C=O)C(=O)Oc1cccc2ccccc12. The standard InChI is InChI=1S/C14H12O3/c1-10(9-15)14(16)17-13-8-4-6-11-5-2-3-7-12(11)13/h2-10H,1H3. The number of hydrogen-bond acceptors (Lipinski definition) is 3. The summed E-state index contributed by atoms with van der Waals surface area (Å²) in [5.41, 5.74) is 0. The van der Waals surface area contributed by atoms with E-state index in [1.54, 1.807) is 6.07 Å². The molecule has 0 aliphatic heterocycles. The molecule has 0 heterocycles. The van der Waals surface area contributed by atoms with Gasteiger partial charge in [0.15, 0.2) is 0 Å². The third-order valence-electron chi connectivity index (χ3n) is 2.54. The minimum Gasteiger partial charge on any atom is -0.425 e. The number of hydrogen-bond donors (Lipinski definition) is 0. The minimum absolute atomic E-state index is 0.488. The Balaban J connectivity index is 2.36. The van der Waals surface area contributed by atoms with Crippen LogP contribution in [0.15, 0.2) is 42.5 Å². The van der Waals surface area contributed by atoms with Gasteiger partial charge in [0, 0.05) is 5.39 Å². The molecule has 0 saturated heterocycles. The van der Waals surface area contributed by atoms with Gasteiger partial charge in [-0.05, 0) is 18.4 Å². The monoisotopic (exact) mass is 228 g/mol. The molecule has 1 unspecified atom stereocenters. The highest BCUT2D eigenvalue weighted by Gasteiger charge is 2.15. The lowest BCUT2D eigenvalue weighted by Gasteiger charge is -2.08. The van der Waals surface area contributed by atoms with Crippen LogP contribution in [0.5, 0.6) is 5.75 Å². The minimum atomic E-state index is -0.742. The van der Waals surface area contributed by atoms with E-state index in [-0.39, 0.29) is 0 Å². The first-order valence-corrected chi connectivity index (χ1v) is 5.37. The Morgan fingerprint density at radius 1 is 1.18 bits per heavy atom. The third-order valence-corrected chi connectivity index (χ3v) is 2.54. The molecule has 0 saturated carbocycles. The van der Waals surface area contributed by atoms with Gasteiger partial charge in [0.25, 0.3) is 0 Å². The Morgan fingerprint density at radius 3 is 2.65 bits per heavy atom. The van der Waals surface area contributed by atoms with Crippen molar-refractivity contribution in [3.8, 4) is 5.75 Å². The second kappa shape index (κ2) is 4.78. The molecule has 86 valence electrons. The van der Waals surface area contributed by atoms with Crippen LogP contribution in [0.2, 0.25) is 0 Å². The number of carbonyl (C=O) groups is 2. The van der Waals surface area contributed by atoms with Crippen LogP contribution >= 0.6 is 0 Å². The molecule has 0 amide bonds. The van der Waals surface area contributed by atoms with Gasteiger partial charge in [-0.25, -0.2) is 0 Å². The summed E-state index contributed by atoms with van der Waals surface area (Å²) in [7, 11) is 0. The van der Waals surface area contributed by atoms with E-state index in [2.05, 4.69) is 0 Å². The fourth-order valence-corrected chi connectivity index (χ4v) is 1.54. The molecule has 3 nitrogen and oxygen atoms in total. The number of ether oxygens (including phenoxy) is 1. The second-order valence-electron chi connectivity index (χ2n) is 3.82. The lowest BCUT2D eigenvalue weighted by atomic mass is 10.1. The van der Waals surface area contributed by atoms with Crippen molar-refractivity contribution in [3.05, 3.63) is 42.5 Å². The molecule has 0 N–H and O–H groups in total. The van der Waals surface area contributed by atoms with Crippen molar-refractivity contribution >= 4 is 23.0 Å². The van der Waals surface area contributed by atoms with Crippen LogP contribution in [-0.4, -0.2) is 12.3 Å². The summed E-state index contributed by atoms with van der Waals surface area (Å²) in [5.74, 6) is -0.785. The molecule has 17 heavy (non-hydrogen) atoms. The van der Waals surface area contributed by atoms with Gasteiger partial charge < -0.3 is 9.53 Å². The maximum atomic E-state index is 11.5. The molecule has 2 rings (SSSR count). The molecular weight excluding hydrogens is 216 g/mol. The average Bonchev–Trinajstić information content (AvgIpc) is 2.38. The average molecular weight is 228 g/mol. The van der Waals surface area contributed by atoms with Crippen molar-refractivity contribution in [2.45, 2.75) is 6.92 Å². The van der Waals surface area contributed by atoms with Crippen LogP contribution in [0.3, 0.4) is 0 Å². The van der Waals surface area contributed by atoms with E-state index in [9.17, 15) is 9.59 Å². The first kappa shape index (κ1) is 11.3.